The van der Waals surface area contributed by atoms with Crippen LogP contribution in [0.2, 0.25) is 10.0 Å². The lowest BCUT2D eigenvalue weighted by Gasteiger charge is -2.29. The van der Waals surface area contributed by atoms with Crippen molar-refractivity contribution in [2.45, 2.75) is 6.92 Å². The van der Waals surface area contributed by atoms with Crippen LogP contribution in [0.3, 0.4) is 0 Å². The van der Waals surface area contributed by atoms with Crippen LogP contribution in [0.5, 0.6) is 5.75 Å². The van der Waals surface area contributed by atoms with Crippen molar-refractivity contribution in [2.24, 2.45) is 0 Å². The number of hydrogen-bond donors (Lipinski definition) is 1. The Balaban J connectivity index is 1.58. The zero-order chi connectivity index (χ0) is 20.5. The molecular formula is C20H15Cl2N3O3S. The summed E-state index contributed by atoms with van der Waals surface area (Å²) in [5.74, 6) is -0.115. The van der Waals surface area contributed by atoms with Gasteiger partial charge < -0.3 is 10.1 Å². The number of nitrogens with one attached hydrogen (secondary N) is 1. The summed E-state index contributed by atoms with van der Waals surface area (Å²) >= 11 is 13.4. The summed E-state index contributed by atoms with van der Waals surface area (Å²) in [5.41, 5.74) is 2.69. The minimum absolute atomic E-state index is 0.123. The molecule has 2 aromatic carbocycles. The molecule has 0 bridgehead atoms. The number of ether oxygens (including phenoxy) is 1. The maximum Gasteiger partial charge on any atom is 0.265 e. The minimum Gasteiger partial charge on any atom is -0.482 e. The van der Waals surface area contributed by atoms with E-state index in [1.54, 1.807) is 35.6 Å². The number of aryl methyl sites for hydroxylation is 1. The highest BCUT2D eigenvalue weighted by atomic mass is 35.5. The molecule has 0 saturated heterocycles. The summed E-state index contributed by atoms with van der Waals surface area (Å²) in [6.45, 7) is 1.65. The number of benzene rings is 2. The summed E-state index contributed by atoms with van der Waals surface area (Å²) in [7, 11) is 0. The van der Waals surface area contributed by atoms with E-state index in [1.807, 2.05) is 24.4 Å². The molecule has 0 unspecified atom stereocenters. The third-order valence-corrected chi connectivity index (χ3v) is 5.83. The van der Waals surface area contributed by atoms with E-state index < -0.39 is 0 Å². The summed E-state index contributed by atoms with van der Waals surface area (Å²) in [4.78, 5) is 30.9. The predicted molar refractivity (Wildman–Crippen MR) is 115 cm³/mol. The summed E-state index contributed by atoms with van der Waals surface area (Å²) < 4.78 is 5.52. The number of aromatic nitrogens is 1. The van der Waals surface area contributed by atoms with E-state index >= 15 is 0 Å². The monoisotopic (exact) mass is 447 g/mol. The summed E-state index contributed by atoms with van der Waals surface area (Å²) in [6, 6.07) is 10.3. The quantitative estimate of drug-likeness (QED) is 0.623. The Kier molecular flexibility index (Phi) is 5.45. The number of anilines is 2. The third-order valence-electron chi connectivity index (χ3n) is 4.32. The molecule has 0 radical (unpaired) electrons. The number of rotatable bonds is 4. The fourth-order valence-electron chi connectivity index (χ4n) is 2.95. The molecular weight excluding hydrogens is 433 g/mol. The Morgan fingerprint density at radius 1 is 1.24 bits per heavy atom. The van der Waals surface area contributed by atoms with Crippen molar-refractivity contribution in [2.75, 3.05) is 23.4 Å². The van der Waals surface area contributed by atoms with Crippen molar-refractivity contribution < 1.29 is 14.3 Å². The van der Waals surface area contributed by atoms with Crippen molar-refractivity contribution in [3.8, 4) is 17.0 Å². The molecule has 4 rings (SSSR count). The Bertz CT molecular complexity index is 1120. The normalized spacial score (nSPS) is 13.1. The molecule has 1 aliphatic rings. The molecule has 3 aromatic rings. The minimum atomic E-state index is -0.362. The standard InChI is InChI=1S/C20H15Cl2N3O3S/c1-11-23-16(10-29-11)12-2-5-18-17(6-12)25(20(27)9-28-18)8-19(26)24-13-3-4-14(21)15(22)7-13/h2-7,10H,8-9H2,1H3,(H,24,26). The highest BCUT2D eigenvalue weighted by molar-refractivity contribution is 7.09. The van der Waals surface area contributed by atoms with Crippen LogP contribution in [0, 0.1) is 6.92 Å². The van der Waals surface area contributed by atoms with Gasteiger partial charge in [-0.1, -0.05) is 23.2 Å². The van der Waals surface area contributed by atoms with Gasteiger partial charge in [0.15, 0.2) is 6.61 Å². The van der Waals surface area contributed by atoms with Gasteiger partial charge in [-0.3, -0.25) is 14.5 Å². The number of thiazole rings is 1. The van der Waals surface area contributed by atoms with Crippen LogP contribution < -0.4 is 15.0 Å². The zero-order valence-corrected chi connectivity index (χ0v) is 17.6. The molecule has 1 aliphatic heterocycles. The Labute approximate surface area is 181 Å². The first-order chi connectivity index (χ1) is 13.9. The molecule has 2 amide bonds. The first-order valence-corrected chi connectivity index (χ1v) is 10.3. The Hall–Kier alpha value is -2.61. The van der Waals surface area contributed by atoms with Gasteiger partial charge in [0.2, 0.25) is 5.91 Å². The van der Waals surface area contributed by atoms with E-state index in [-0.39, 0.29) is 25.0 Å². The maximum absolute atomic E-state index is 12.6. The highest BCUT2D eigenvalue weighted by Gasteiger charge is 2.28. The van der Waals surface area contributed by atoms with Crippen molar-refractivity contribution in [3.05, 3.63) is 56.8 Å². The smallest absolute Gasteiger partial charge is 0.265 e. The average molecular weight is 448 g/mol. The van der Waals surface area contributed by atoms with Crippen molar-refractivity contribution in [1.29, 1.82) is 0 Å². The molecule has 0 aliphatic carbocycles. The van der Waals surface area contributed by atoms with E-state index in [4.69, 9.17) is 27.9 Å². The van der Waals surface area contributed by atoms with Crippen LogP contribution in [0.15, 0.2) is 41.8 Å². The van der Waals surface area contributed by atoms with Gasteiger partial charge in [-0.25, -0.2) is 4.98 Å². The largest absolute Gasteiger partial charge is 0.482 e. The SMILES string of the molecule is Cc1nc(-c2ccc3c(c2)N(CC(=O)Nc2ccc(Cl)c(Cl)c2)C(=O)CO3)cs1. The van der Waals surface area contributed by atoms with Crippen LogP contribution >= 0.6 is 34.5 Å². The van der Waals surface area contributed by atoms with Gasteiger partial charge in [-0.2, -0.15) is 0 Å². The van der Waals surface area contributed by atoms with Gasteiger partial charge in [0, 0.05) is 16.6 Å². The molecule has 0 spiro atoms. The van der Waals surface area contributed by atoms with Crippen LogP contribution in [0.4, 0.5) is 11.4 Å². The second-order valence-corrected chi connectivity index (χ2v) is 8.26. The molecule has 0 atom stereocenters. The van der Waals surface area contributed by atoms with Crippen LogP contribution in [0.25, 0.3) is 11.3 Å². The lowest BCUT2D eigenvalue weighted by molar-refractivity contribution is -0.123. The molecule has 0 saturated carbocycles. The molecule has 0 fully saturated rings. The molecule has 6 nitrogen and oxygen atoms in total. The second-order valence-electron chi connectivity index (χ2n) is 6.38. The molecule has 1 N–H and O–H groups in total. The topological polar surface area (TPSA) is 71.5 Å². The third kappa shape index (κ3) is 4.22. The van der Waals surface area contributed by atoms with Crippen molar-refractivity contribution in [3.63, 3.8) is 0 Å². The van der Waals surface area contributed by atoms with E-state index in [2.05, 4.69) is 10.3 Å². The van der Waals surface area contributed by atoms with Gasteiger partial charge >= 0.3 is 0 Å². The molecule has 29 heavy (non-hydrogen) atoms. The fourth-order valence-corrected chi connectivity index (χ4v) is 3.87. The van der Waals surface area contributed by atoms with E-state index in [9.17, 15) is 9.59 Å². The van der Waals surface area contributed by atoms with Crippen molar-refractivity contribution >= 4 is 57.7 Å². The van der Waals surface area contributed by atoms with Gasteiger partial charge in [-0.05, 0) is 43.3 Å². The Morgan fingerprint density at radius 2 is 2.07 bits per heavy atom. The number of nitrogens with zero attached hydrogens (tertiary/aromatic N) is 2. The second kappa shape index (κ2) is 8.02. The predicted octanol–water partition coefficient (Wildman–Crippen LogP) is 4.79. The molecule has 2 heterocycles. The van der Waals surface area contributed by atoms with Crippen LogP contribution in [-0.2, 0) is 9.59 Å². The zero-order valence-electron chi connectivity index (χ0n) is 15.2. The van der Waals surface area contributed by atoms with Crippen LogP contribution in [0.1, 0.15) is 5.01 Å². The Morgan fingerprint density at radius 3 is 2.79 bits per heavy atom. The molecule has 148 valence electrons. The highest BCUT2D eigenvalue weighted by Crippen LogP contribution is 2.36. The van der Waals surface area contributed by atoms with Gasteiger partial charge in [0.05, 0.1) is 26.4 Å². The average Bonchev–Trinajstić information content (AvgIpc) is 3.13. The number of carbonyl (C=O) groups is 2. The van der Waals surface area contributed by atoms with Crippen LogP contribution in [-0.4, -0.2) is 29.9 Å². The first-order valence-electron chi connectivity index (χ1n) is 8.65. The van der Waals surface area contributed by atoms with Gasteiger partial charge in [0.1, 0.15) is 12.3 Å². The number of carbonyl (C=O) groups excluding carboxylic acids is 2. The summed E-state index contributed by atoms with van der Waals surface area (Å²) in [6.07, 6.45) is 0. The lowest BCUT2D eigenvalue weighted by atomic mass is 10.1. The fraction of sp³-hybridized carbons (Fsp3) is 0.150. The molecule has 9 heteroatoms. The molecule has 1 aromatic heterocycles. The number of hydrogen-bond acceptors (Lipinski definition) is 5. The van der Waals surface area contributed by atoms with E-state index in [1.165, 1.54) is 4.90 Å². The van der Waals surface area contributed by atoms with Crippen molar-refractivity contribution in [1.82, 2.24) is 4.98 Å². The number of amides is 2. The van der Waals surface area contributed by atoms with E-state index in [0.717, 1.165) is 16.3 Å². The maximum atomic E-state index is 12.6. The summed E-state index contributed by atoms with van der Waals surface area (Å²) in [5, 5.41) is 6.36. The first kappa shape index (κ1) is 19.7. The number of halogens is 2. The van der Waals surface area contributed by atoms with Gasteiger partial charge in [-0.15, -0.1) is 11.3 Å². The number of fused-ring (bicyclic) bond motifs is 1. The van der Waals surface area contributed by atoms with Gasteiger partial charge in [0.25, 0.3) is 5.91 Å². The van der Waals surface area contributed by atoms with E-state index in [0.29, 0.717) is 27.2 Å². The lowest BCUT2D eigenvalue weighted by Crippen LogP contribution is -2.43.